The highest BCUT2D eigenvalue weighted by Gasteiger charge is 2.29. The third kappa shape index (κ3) is 7.60. The van der Waals surface area contributed by atoms with Gasteiger partial charge < -0.3 is 14.4 Å². The third-order valence-corrected chi connectivity index (χ3v) is 7.81. The largest absolute Gasteiger partial charge is 0.377 e. The highest BCUT2D eigenvalue weighted by atomic mass is 16.5. The summed E-state index contributed by atoms with van der Waals surface area (Å²) in [5, 5.41) is 18.0. The lowest BCUT2D eigenvalue weighted by Crippen LogP contribution is -2.40. The van der Waals surface area contributed by atoms with Crippen molar-refractivity contribution in [3.8, 4) is 12.1 Å². The maximum absolute atomic E-state index is 9.01. The van der Waals surface area contributed by atoms with Gasteiger partial charge in [0.1, 0.15) is 17.7 Å². The maximum atomic E-state index is 9.01. The molecule has 31 heavy (non-hydrogen) atoms. The number of hydrogen-bond acceptors (Lipinski definition) is 5. The summed E-state index contributed by atoms with van der Waals surface area (Å²) in [6, 6.07) is 4.57. The van der Waals surface area contributed by atoms with E-state index in [-0.39, 0.29) is 5.57 Å². The average Bonchev–Trinajstić information content (AvgIpc) is 2.80. The Labute approximate surface area is 189 Å². The first-order chi connectivity index (χ1) is 15.1. The van der Waals surface area contributed by atoms with E-state index in [0.29, 0.717) is 36.2 Å². The monoisotopic (exact) mass is 427 g/mol. The number of likely N-dealkylation sites (N-methyl/N-ethyl adjacent to an activating group) is 1. The topological polar surface area (TPSA) is 69.3 Å². The second kappa shape index (κ2) is 12.6. The van der Waals surface area contributed by atoms with Crippen LogP contribution in [0.2, 0.25) is 0 Å². The zero-order valence-corrected chi connectivity index (χ0v) is 19.6. The highest BCUT2D eigenvalue weighted by Crippen LogP contribution is 2.34. The smallest absolute Gasteiger partial charge is 0.125 e. The number of rotatable bonds is 8. The van der Waals surface area contributed by atoms with E-state index in [0.717, 1.165) is 58.1 Å². The van der Waals surface area contributed by atoms with Crippen molar-refractivity contribution in [1.29, 1.82) is 10.5 Å². The predicted molar refractivity (Wildman–Crippen MR) is 122 cm³/mol. The van der Waals surface area contributed by atoms with Crippen LogP contribution >= 0.6 is 0 Å². The molecular weight excluding hydrogens is 386 g/mol. The van der Waals surface area contributed by atoms with Crippen molar-refractivity contribution in [2.45, 2.75) is 108 Å². The lowest BCUT2D eigenvalue weighted by molar-refractivity contribution is -0.0734. The quantitative estimate of drug-likeness (QED) is 0.487. The van der Waals surface area contributed by atoms with Crippen molar-refractivity contribution >= 4 is 0 Å². The first-order valence-electron chi connectivity index (χ1n) is 12.6. The Balaban J connectivity index is 1.30. The molecule has 3 aliphatic carbocycles. The second-order valence-electron chi connectivity index (χ2n) is 10.1. The number of nitriles is 2. The molecule has 0 spiro atoms. The third-order valence-electron chi connectivity index (χ3n) is 7.81. The molecule has 0 aliphatic heterocycles. The zero-order chi connectivity index (χ0) is 22.1. The molecule has 0 aromatic carbocycles. The van der Waals surface area contributed by atoms with Crippen LogP contribution in [0, 0.1) is 34.5 Å². The van der Waals surface area contributed by atoms with Gasteiger partial charge in [-0.3, -0.25) is 0 Å². The first-order valence-corrected chi connectivity index (χ1v) is 12.6. The Hall–Kier alpha value is -1.40. The number of nitrogens with zero attached hydrogens (tertiary/aromatic N) is 3. The summed E-state index contributed by atoms with van der Waals surface area (Å²) in [7, 11) is 2.21. The van der Waals surface area contributed by atoms with Crippen LogP contribution < -0.4 is 0 Å². The van der Waals surface area contributed by atoms with Gasteiger partial charge in [-0.1, -0.05) is 32.3 Å². The Morgan fingerprint density at radius 3 is 2.19 bits per heavy atom. The Bertz CT molecular complexity index is 635. The minimum atomic E-state index is 0.260. The fraction of sp³-hybridized carbons (Fsp3) is 0.846. The summed E-state index contributed by atoms with van der Waals surface area (Å²) in [6.45, 7) is 4.02. The molecule has 0 saturated heterocycles. The van der Waals surface area contributed by atoms with E-state index in [1.807, 2.05) is 18.2 Å². The number of hydrogen-bond donors (Lipinski definition) is 0. The number of ether oxygens (including phenoxy) is 2. The summed E-state index contributed by atoms with van der Waals surface area (Å²) in [5.74, 6) is 0.847. The van der Waals surface area contributed by atoms with E-state index in [2.05, 4.69) is 18.9 Å². The van der Waals surface area contributed by atoms with Crippen LogP contribution in [-0.2, 0) is 9.47 Å². The first kappa shape index (κ1) is 24.2. The fourth-order valence-electron chi connectivity index (χ4n) is 5.71. The van der Waals surface area contributed by atoms with Crippen molar-refractivity contribution in [2.75, 3.05) is 20.2 Å². The van der Waals surface area contributed by atoms with Crippen molar-refractivity contribution in [3.05, 3.63) is 11.6 Å². The van der Waals surface area contributed by atoms with Crippen molar-refractivity contribution < 1.29 is 9.47 Å². The SMILES string of the molecule is CC1CC(N(C)CCOC2CCC(OC3CCCCC3)CC2)CCC1C=C(C#N)C#N. The second-order valence-corrected chi connectivity index (χ2v) is 10.1. The van der Waals surface area contributed by atoms with E-state index < -0.39 is 0 Å². The molecule has 0 bridgehead atoms. The molecule has 0 aromatic heterocycles. The summed E-state index contributed by atoms with van der Waals surface area (Å²) in [4.78, 5) is 2.45. The lowest BCUT2D eigenvalue weighted by Gasteiger charge is -2.38. The highest BCUT2D eigenvalue weighted by molar-refractivity contribution is 5.35. The van der Waals surface area contributed by atoms with E-state index in [4.69, 9.17) is 20.0 Å². The average molecular weight is 428 g/mol. The predicted octanol–water partition coefficient (Wildman–Crippen LogP) is 5.37. The molecule has 172 valence electrons. The molecule has 0 radical (unpaired) electrons. The van der Waals surface area contributed by atoms with Gasteiger partial charge in [0.05, 0.1) is 24.9 Å². The molecule has 3 saturated carbocycles. The van der Waals surface area contributed by atoms with Gasteiger partial charge in [-0.2, -0.15) is 10.5 Å². The molecule has 0 N–H and O–H groups in total. The minimum absolute atomic E-state index is 0.260. The van der Waals surface area contributed by atoms with Gasteiger partial charge in [-0.15, -0.1) is 0 Å². The molecule has 5 heteroatoms. The van der Waals surface area contributed by atoms with Gasteiger partial charge in [0.15, 0.2) is 0 Å². The molecular formula is C26H41N3O2. The van der Waals surface area contributed by atoms with Crippen LogP contribution in [0.5, 0.6) is 0 Å². The molecule has 3 rings (SSSR count). The molecule has 0 aromatic rings. The molecule has 3 fully saturated rings. The van der Waals surface area contributed by atoms with Crippen LogP contribution in [0.4, 0.5) is 0 Å². The molecule has 3 unspecified atom stereocenters. The van der Waals surface area contributed by atoms with Gasteiger partial charge in [-0.25, -0.2) is 0 Å². The van der Waals surface area contributed by atoms with E-state index in [9.17, 15) is 0 Å². The van der Waals surface area contributed by atoms with E-state index in [1.165, 1.54) is 32.1 Å². The van der Waals surface area contributed by atoms with Crippen LogP contribution in [0.25, 0.3) is 0 Å². The van der Waals surface area contributed by atoms with E-state index >= 15 is 0 Å². The van der Waals surface area contributed by atoms with Crippen LogP contribution in [0.15, 0.2) is 11.6 Å². The Morgan fingerprint density at radius 2 is 1.55 bits per heavy atom. The van der Waals surface area contributed by atoms with Crippen molar-refractivity contribution in [3.63, 3.8) is 0 Å². The van der Waals surface area contributed by atoms with Crippen LogP contribution in [0.3, 0.4) is 0 Å². The zero-order valence-electron chi connectivity index (χ0n) is 19.6. The van der Waals surface area contributed by atoms with Gasteiger partial charge in [0, 0.05) is 12.6 Å². The molecule has 0 amide bonds. The fourth-order valence-corrected chi connectivity index (χ4v) is 5.71. The summed E-state index contributed by atoms with van der Waals surface area (Å²) >= 11 is 0. The normalized spacial score (nSPS) is 32.2. The van der Waals surface area contributed by atoms with Gasteiger partial charge in [0.25, 0.3) is 0 Å². The van der Waals surface area contributed by atoms with E-state index in [1.54, 1.807) is 0 Å². The molecule has 3 aliphatic rings. The molecule has 0 heterocycles. The maximum Gasteiger partial charge on any atom is 0.125 e. The van der Waals surface area contributed by atoms with Gasteiger partial charge >= 0.3 is 0 Å². The Morgan fingerprint density at radius 1 is 0.903 bits per heavy atom. The molecule has 5 nitrogen and oxygen atoms in total. The van der Waals surface area contributed by atoms with Crippen LogP contribution in [0.1, 0.15) is 84.0 Å². The van der Waals surface area contributed by atoms with Gasteiger partial charge in [-0.05, 0) is 76.7 Å². The van der Waals surface area contributed by atoms with Crippen LogP contribution in [-0.4, -0.2) is 49.5 Å². The van der Waals surface area contributed by atoms with Crippen molar-refractivity contribution in [1.82, 2.24) is 4.90 Å². The van der Waals surface area contributed by atoms with Crippen molar-refractivity contribution in [2.24, 2.45) is 11.8 Å². The minimum Gasteiger partial charge on any atom is -0.377 e. The summed E-state index contributed by atoms with van der Waals surface area (Å²) < 4.78 is 12.6. The standard InChI is InChI=1S/C26H41N3O2/c1-20-16-23(9-8-22(20)17-21(18-27)19-28)29(2)14-15-30-24-10-12-26(13-11-24)31-25-6-4-3-5-7-25/h17,20,22-26H,3-16H2,1-2H3. The molecule has 3 atom stereocenters. The lowest BCUT2D eigenvalue weighted by atomic mass is 9.77. The summed E-state index contributed by atoms with van der Waals surface area (Å²) in [5.41, 5.74) is 0.260. The van der Waals surface area contributed by atoms with Gasteiger partial charge in [0.2, 0.25) is 0 Å². The summed E-state index contributed by atoms with van der Waals surface area (Å²) in [6.07, 6.45) is 17.7. The number of allylic oxidation sites excluding steroid dienone is 2. The Kier molecular flexibility index (Phi) is 9.85.